The molecule has 0 bridgehead atoms. The maximum Gasteiger partial charge on any atom is 0.344 e. The van der Waals surface area contributed by atoms with Crippen molar-refractivity contribution in [3.05, 3.63) is 84.4 Å². The van der Waals surface area contributed by atoms with E-state index in [1.54, 1.807) is 55.5 Å². The number of carbonyl (C=O) groups is 3. The van der Waals surface area contributed by atoms with Crippen molar-refractivity contribution < 1.29 is 28.6 Å². The summed E-state index contributed by atoms with van der Waals surface area (Å²) in [4.78, 5) is 38.6. The van der Waals surface area contributed by atoms with Gasteiger partial charge in [0.15, 0.2) is 13.2 Å². The second-order valence-corrected chi connectivity index (χ2v) is 8.08. The molecule has 0 saturated heterocycles. The summed E-state index contributed by atoms with van der Waals surface area (Å²) in [5, 5.41) is 2.79. The Morgan fingerprint density at radius 3 is 2.29 bits per heavy atom. The molecular weight excluding hydrogens is 448 g/mol. The first kappa shape index (κ1) is 23.8. The first-order valence-electron chi connectivity index (χ1n) is 11.3. The first-order chi connectivity index (χ1) is 17.0. The number of rotatable bonds is 8. The van der Waals surface area contributed by atoms with E-state index in [0.717, 1.165) is 5.56 Å². The van der Waals surface area contributed by atoms with Crippen LogP contribution in [0.1, 0.15) is 18.9 Å². The lowest BCUT2D eigenvalue weighted by Crippen LogP contribution is -2.41. The number of carbonyl (C=O) groups excluding carboxylic acids is 3. The van der Waals surface area contributed by atoms with Gasteiger partial charge in [0, 0.05) is 12.5 Å². The first-order valence-corrected chi connectivity index (χ1v) is 11.3. The van der Waals surface area contributed by atoms with Crippen LogP contribution in [0.25, 0.3) is 0 Å². The van der Waals surface area contributed by atoms with Crippen molar-refractivity contribution in [1.29, 1.82) is 0 Å². The third-order valence-electron chi connectivity index (χ3n) is 5.41. The molecular formula is C27H26N2O6. The van der Waals surface area contributed by atoms with E-state index in [1.807, 2.05) is 30.3 Å². The van der Waals surface area contributed by atoms with Crippen LogP contribution in [-0.2, 0) is 25.7 Å². The molecule has 1 atom stereocenters. The zero-order valence-electron chi connectivity index (χ0n) is 19.3. The van der Waals surface area contributed by atoms with Crippen LogP contribution in [0.5, 0.6) is 11.5 Å². The Morgan fingerprint density at radius 2 is 1.54 bits per heavy atom. The van der Waals surface area contributed by atoms with Crippen molar-refractivity contribution in [1.82, 2.24) is 0 Å². The summed E-state index contributed by atoms with van der Waals surface area (Å²) in [6.07, 6.45) is 0.141. The third kappa shape index (κ3) is 6.38. The maximum atomic E-state index is 12.9. The number of nitrogens with one attached hydrogen (secondary N) is 1. The highest BCUT2D eigenvalue weighted by molar-refractivity contribution is 6.05. The van der Waals surface area contributed by atoms with Gasteiger partial charge in [0.2, 0.25) is 5.91 Å². The Kier molecular flexibility index (Phi) is 7.62. The van der Waals surface area contributed by atoms with Gasteiger partial charge < -0.3 is 24.4 Å². The van der Waals surface area contributed by atoms with Crippen LogP contribution in [0.2, 0.25) is 0 Å². The summed E-state index contributed by atoms with van der Waals surface area (Å²) in [5.74, 6) is -0.126. The Balaban J connectivity index is 1.25. The van der Waals surface area contributed by atoms with E-state index in [4.69, 9.17) is 14.2 Å². The number of anilines is 2. The molecule has 0 aliphatic carbocycles. The highest BCUT2D eigenvalue weighted by atomic mass is 16.6. The van der Waals surface area contributed by atoms with Crippen LogP contribution < -0.4 is 19.7 Å². The quantitative estimate of drug-likeness (QED) is 0.497. The van der Waals surface area contributed by atoms with Gasteiger partial charge in [-0.25, -0.2) is 4.79 Å². The van der Waals surface area contributed by atoms with Crippen molar-refractivity contribution in [2.75, 3.05) is 23.4 Å². The molecule has 1 aliphatic heterocycles. The van der Waals surface area contributed by atoms with Crippen molar-refractivity contribution in [3.8, 4) is 11.5 Å². The number of amides is 2. The Hall–Kier alpha value is -4.33. The summed E-state index contributed by atoms with van der Waals surface area (Å²) in [5.41, 5.74) is 2.17. The second-order valence-electron chi connectivity index (χ2n) is 8.08. The summed E-state index contributed by atoms with van der Waals surface area (Å²) in [6, 6.07) is 23.3. The van der Waals surface area contributed by atoms with Gasteiger partial charge in [-0.3, -0.25) is 9.59 Å². The summed E-state index contributed by atoms with van der Waals surface area (Å²) in [6.45, 7) is 1.43. The number of benzene rings is 3. The average molecular weight is 475 g/mol. The molecule has 35 heavy (non-hydrogen) atoms. The lowest BCUT2D eigenvalue weighted by atomic mass is 10.1. The number of esters is 1. The molecule has 1 aliphatic rings. The molecule has 3 aromatic carbocycles. The molecule has 3 aromatic rings. The molecule has 0 saturated carbocycles. The Labute approximate surface area is 203 Å². The lowest BCUT2D eigenvalue weighted by molar-refractivity contribution is -0.149. The molecule has 8 nitrogen and oxygen atoms in total. The molecule has 0 fully saturated rings. The van der Waals surface area contributed by atoms with Gasteiger partial charge in [-0.15, -0.1) is 0 Å². The van der Waals surface area contributed by atoms with E-state index in [2.05, 4.69) is 5.32 Å². The van der Waals surface area contributed by atoms with Crippen LogP contribution in [0.3, 0.4) is 0 Å². The van der Waals surface area contributed by atoms with Crippen molar-refractivity contribution >= 4 is 29.2 Å². The van der Waals surface area contributed by atoms with Crippen molar-refractivity contribution in [2.24, 2.45) is 0 Å². The van der Waals surface area contributed by atoms with E-state index in [1.165, 1.54) is 4.90 Å². The van der Waals surface area contributed by atoms with E-state index in [0.29, 0.717) is 29.5 Å². The molecule has 0 spiro atoms. The molecule has 180 valence electrons. The average Bonchev–Trinajstić information content (AvgIpc) is 3.00. The van der Waals surface area contributed by atoms with Crippen LogP contribution >= 0.6 is 0 Å². The minimum atomic E-state index is -0.673. The van der Waals surface area contributed by atoms with E-state index < -0.39 is 18.5 Å². The van der Waals surface area contributed by atoms with E-state index in [-0.39, 0.29) is 25.0 Å². The van der Waals surface area contributed by atoms with Crippen LogP contribution in [-0.4, -0.2) is 37.0 Å². The predicted molar refractivity (Wildman–Crippen MR) is 130 cm³/mol. The van der Waals surface area contributed by atoms with Gasteiger partial charge in [-0.05, 0) is 48.9 Å². The Morgan fingerprint density at radius 1 is 0.886 bits per heavy atom. The van der Waals surface area contributed by atoms with Crippen LogP contribution in [0, 0.1) is 0 Å². The van der Waals surface area contributed by atoms with E-state index in [9.17, 15) is 14.4 Å². The van der Waals surface area contributed by atoms with Gasteiger partial charge in [0.1, 0.15) is 18.1 Å². The molecule has 8 heteroatoms. The molecule has 1 heterocycles. The molecule has 0 radical (unpaired) electrons. The number of ether oxygens (including phenoxy) is 3. The number of para-hydroxylation sites is 2. The molecule has 1 N–H and O–H groups in total. The fourth-order valence-electron chi connectivity index (χ4n) is 3.74. The molecule has 0 aromatic heterocycles. The van der Waals surface area contributed by atoms with Gasteiger partial charge >= 0.3 is 5.97 Å². The van der Waals surface area contributed by atoms with Crippen molar-refractivity contribution in [2.45, 2.75) is 26.0 Å². The number of hydrogen-bond donors (Lipinski definition) is 1. The Bertz CT molecular complexity index is 1180. The van der Waals surface area contributed by atoms with Gasteiger partial charge in [0.25, 0.3) is 5.91 Å². The predicted octanol–water partition coefficient (Wildman–Crippen LogP) is 3.95. The van der Waals surface area contributed by atoms with Crippen molar-refractivity contribution in [3.63, 3.8) is 0 Å². The van der Waals surface area contributed by atoms with Gasteiger partial charge in [-0.2, -0.15) is 0 Å². The number of hydrogen-bond acceptors (Lipinski definition) is 6. The SMILES string of the molecule is CC1CC(=O)Nc2ccccc2N1C(=O)COC(=O)COc1ccc(OCc2ccccc2)cc1. The normalized spacial score (nSPS) is 14.8. The highest BCUT2D eigenvalue weighted by Gasteiger charge is 2.30. The standard InChI is InChI=1S/C27H26N2O6/c1-19-15-25(30)28-23-9-5-6-10-24(23)29(19)26(31)17-35-27(32)18-34-22-13-11-21(12-14-22)33-16-20-7-3-2-4-8-20/h2-14,19H,15-18H2,1H3,(H,28,30). The molecule has 1 unspecified atom stereocenters. The van der Waals surface area contributed by atoms with Crippen LogP contribution in [0.15, 0.2) is 78.9 Å². The van der Waals surface area contributed by atoms with Gasteiger partial charge in [-0.1, -0.05) is 42.5 Å². The summed E-state index contributed by atoms with van der Waals surface area (Å²) in [7, 11) is 0. The largest absolute Gasteiger partial charge is 0.489 e. The summed E-state index contributed by atoms with van der Waals surface area (Å²) < 4.78 is 16.3. The number of nitrogens with zero attached hydrogens (tertiary/aromatic N) is 1. The highest BCUT2D eigenvalue weighted by Crippen LogP contribution is 2.31. The fraction of sp³-hybridized carbons (Fsp3) is 0.222. The van der Waals surface area contributed by atoms with E-state index >= 15 is 0 Å². The molecule has 2 amide bonds. The zero-order chi connectivity index (χ0) is 24.6. The minimum Gasteiger partial charge on any atom is -0.489 e. The fourth-order valence-corrected chi connectivity index (χ4v) is 3.74. The molecule has 4 rings (SSSR count). The number of fused-ring (bicyclic) bond motifs is 1. The lowest BCUT2D eigenvalue weighted by Gasteiger charge is -2.27. The van der Waals surface area contributed by atoms with Crippen LogP contribution in [0.4, 0.5) is 11.4 Å². The topological polar surface area (TPSA) is 94.2 Å². The zero-order valence-corrected chi connectivity index (χ0v) is 19.3. The minimum absolute atomic E-state index is 0.141. The summed E-state index contributed by atoms with van der Waals surface area (Å²) >= 11 is 0. The second kappa shape index (κ2) is 11.2. The monoisotopic (exact) mass is 474 g/mol. The van der Waals surface area contributed by atoms with Gasteiger partial charge in [0.05, 0.1) is 11.4 Å². The smallest absolute Gasteiger partial charge is 0.344 e. The third-order valence-corrected chi connectivity index (χ3v) is 5.41. The maximum absolute atomic E-state index is 12.9.